The number of benzene rings is 1. The topological polar surface area (TPSA) is 27.6 Å². The van der Waals surface area contributed by atoms with Crippen molar-refractivity contribution in [3.8, 4) is 0 Å². The van der Waals surface area contributed by atoms with Crippen LogP contribution in [0, 0.1) is 0 Å². The molecule has 0 aromatic heterocycles. The zero-order valence-electron chi connectivity index (χ0n) is 5.18. The molecule has 0 amide bonds. The van der Waals surface area contributed by atoms with Gasteiger partial charge in [0.2, 0.25) is 0 Å². The average molecular weight is 242 g/mol. The summed E-state index contributed by atoms with van der Waals surface area (Å²) in [6, 6.07) is 9.87. The van der Waals surface area contributed by atoms with Crippen LogP contribution in [0.1, 0.15) is 0 Å². The third-order valence-electron chi connectivity index (χ3n) is 0.843. The second-order valence-corrected chi connectivity index (χ2v) is 1.49. The molecule has 0 saturated heterocycles. The van der Waals surface area contributed by atoms with Crippen molar-refractivity contribution in [3.63, 3.8) is 0 Å². The van der Waals surface area contributed by atoms with Crippen molar-refractivity contribution in [3.05, 3.63) is 30.3 Å². The van der Waals surface area contributed by atoms with Gasteiger partial charge in [-0.15, -0.1) is 0 Å². The third-order valence-corrected chi connectivity index (χ3v) is 0.843. The first kappa shape index (κ1) is 12.1. The predicted octanol–water partition coefficient (Wildman–Crippen LogP) is -2.44. The summed E-state index contributed by atoms with van der Waals surface area (Å²) in [6.07, 6.45) is 0. The van der Waals surface area contributed by atoms with Crippen molar-refractivity contribution in [1.82, 2.24) is 0 Å². The molecule has 1 aromatic carbocycles. The first-order valence-corrected chi connectivity index (χ1v) is 2.26. The van der Waals surface area contributed by atoms with E-state index in [1.807, 2.05) is 30.3 Å². The molecule has 0 unspecified atom stereocenters. The first-order valence-electron chi connectivity index (χ1n) is 2.26. The second kappa shape index (κ2) is 6.51. The van der Waals surface area contributed by atoms with Crippen LogP contribution in [0.2, 0.25) is 0 Å². The van der Waals surface area contributed by atoms with E-state index >= 15 is 0 Å². The fraction of sp³-hybridized carbons (Fsp3) is 0. The van der Waals surface area contributed by atoms with Crippen LogP contribution in [0.3, 0.4) is 0 Å². The molecule has 1 nitrogen and oxygen atoms in total. The van der Waals surface area contributed by atoms with Gasteiger partial charge in [-0.3, -0.25) is 0 Å². The molecule has 9 heavy (non-hydrogen) atoms. The molecule has 0 radical (unpaired) electrons. The zero-order chi connectivity index (χ0) is 5.11. The Morgan fingerprint density at radius 2 is 1.44 bits per heavy atom. The minimum Gasteiger partial charge on any atom is -1.00 e. The predicted molar refractivity (Wildman–Crippen MR) is 29.0 cm³/mol. The molecule has 0 aliphatic heterocycles. The Balaban J connectivity index is 0. The molecular weight excluding hydrogens is 234 g/mol. The van der Waals surface area contributed by atoms with Gasteiger partial charge >= 0.3 is 0 Å². The van der Waals surface area contributed by atoms with Crippen molar-refractivity contribution in [1.29, 1.82) is 0 Å². The van der Waals surface area contributed by atoms with Crippen LogP contribution in [-0.4, -0.2) is 0 Å². The number of hydrogen-bond acceptors (Lipinski definition) is 0. The van der Waals surface area contributed by atoms with Gasteiger partial charge in [0.15, 0.2) is 0 Å². The summed E-state index contributed by atoms with van der Waals surface area (Å²) in [5.41, 5.74) is 4.79. The van der Waals surface area contributed by atoms with Crippen LogP contribution in [0.25, 0.3) is 0 Å². The molecule has 46 valence electrons. The number of rotatable bonds is 0. The van der Waals surface area contributed by atoms with Gasteiger partial charge in [0.1, 0.15) is 5.69 Å². The van der Waals surface area contributed by atoms with Crippen LogP contribution in [0.4, 0.5) is 5.69 Å². The summed E-state index contributed by atoms with van der Waals surface area (Å²) < 4.78 is 0. The van der Waals surface area contributed by atoms with Gasteiger partial charge < -0.3 is 18.1 Å². The molecule has 0 atom stereocenters. The first-order chi connectivity index (χ1) is 3.39. The molecule has 3 N–H and O–H groups in total. The van der Waals surface area contributed by atoms with E-state index in [2.05, 4.69) is 5.73 Å². The van der Waals surface area contributed by atoms with Gasteiger partial charge in [-0.1, -0.05) is 18.2 Å². The molecule has 3 heteroatoms. The standard InChI is InChI=1S/C6H7N.Cd.ClH/c7-6-4-2-1-3-5-6;;/h1-5H,7H2;;1H. The van der Waals surface area contributed by atoms with E-state index in [9.17, 15) is 0 Å². The minimum absolute atomic E-state index is 0. The molecule has 1 aromatic rings. The molecule has 0 spiro atoms. The third kappa shape index (κ3) is 4.87. The van der Waals surface area contributed by atoms with Crippen molar-refractivity contribution in [2.75, 3.05) is 0 Å². The molecule has 0 heterocycles. The van der Waals surface area contributed by atoms with Crippen molar-refractivity contribution >= 4 is 5.69 Å². The Bertz CT molecular complexity index is 143. The average Bonchev–Trinajstić information content (AvgIpc) is 1.69. The molecule has 0 fully saturated rings. The van der Waals surface area contributed by atoms with Gasteiger partial charge in [0, 0.05) is 27.3 Å². The smallest absolute Gasteiger partial charge is 0.127 e. The summed E-state index contributed by atoms with van der Waals surface area (Å²) >= 11 is 0. The Kier molecular flexibility index (Phi) is 8.76. The van der Waals surface area contributed by atoms with Crippen LogP contribution in [-0.2, 0) is 27.3 Å². The summed E-state index contributed by atoms with van der Waals surface area (Å²) in [7, 11) is 0. The van der Waals surface area contributed by atoms with E-state index < -0.39 is 0 Å². The van der Waals surface area contributed by atoms with E-state index in [0.717, 1.165) is 5.69 Å². The van der Waals surface area contributed by atoms with E-state index in [-0.39, 0.29) is 39.7 Å². The van der Waals surface area contributed by atoms with Gasteiger partial charge in [-0.2, -0.15) is 0 Å². The van der Waals surface area contributed by atoms with Crippen molar-refractivity contribution in [2.24, 2.45) is 0 Å². The summed E-state index contributed by atoms with van der Waals surface area (Å²) in [5, 5.41) is 0. The van der Waals surface area contributed by atoms with Crippen LogP contribution in [0.15, 0.2) is 30.3 Å². The van der Waals surface area contributed by atoms with Gasteiger partial charge in [-0.05, 0) is 12.1 Å². The summed E-state index contributed by atoms with van der Waals surface area (Å²) in [4.78, 5) is 0. The fourth-order valence-corrected chi connectivity index (χ4v) is 0.478. The Morgan fingerprint density at radius 3 is 1.67 bits per heavy atom. The van der Waals surface area contributed by atoms with E-state index in [1.165, 1.54) is 0 Å². The normalized spacial score (nSPS) is 6.78. The molecule has 0 bridgehead atoms. The van der Waals surface area contributed by atoms with Crippen molar-refractivity contribution in [2.45, 2.75) is 0 Å². The zero-order valence-corrected chi connectivity index (χ0v) is 9.97. The molecule has 0 aliphatic rings. The summed E-state index contributed by atoms with van der Waals surface area (Å²) in [6.45, 7) is 0. The largest absolute Gasteiger partial charge is 1.00 e. The number of halogens is 1. The summed E-state index contributed by atoms with van der Waals surface area (Å²) in [5.74, 6) is 0. The van der Waals surface area contributed by atoms with E-state index in [1.54, 1.807) is 0 Å². The van der Waals surface area contributed by atoms with Gasteiger partial charge in [-0.25, -0.2) is 0 Å². The van der Waals surface area contributed by atoms with Crippen LogP contribution >= 0.6 is 0 Å². The van der Waals surface area contributed by atoms with Crippen LogP contribution in [0.5, 0.6) is 0 Å². The minimum atomic E-state index is 0. The van der Waals surface area contributed by atoms with Gasteiger partial charge in [0.25, 0.3) is 0 Å². The maximum Gasteiger partial charge on any atom is 0.127 e. The SMILES string of the molecule is [Cd].[Cl-].[NH3+]c1ccccc1. The second-order valence-electron chi connectivity index (χ2n) is 1.49. The monoisotopic (exact) mass is 243 g/mol. The molecular formula is C6H8CdClN. The molecule has 0 saturated carbocycles. The Labute approximate surface area is 81.2 Å². The van der Waals surface area contributed by atoms with Crippen molar-refractivity contribution < 1.29 is 45.4 Å². The van der Waals surface area contributed by atoms with E-state index in [0.29, 0.717) is 0 Å². The number of quaternary nitrogens is 1. The van der Waals surface area contributed by atoms with Crippen LogP contribution < -0.4 is 18.1 Å². The quantitative estimate of drug-likeness (QED) is 0.490. The molecule has 1 rings (SSSR count). The maximum absolute atomic E-state index is 3.72. The van der Waals surface area contributed by atoms with Gasteiger partial charge in [0.05, 0.1) is 0 Å². The Hall–Kier alpha value is 0.392. The fourth-order valence-electron chi connectivity index (χ4n) is 0.478. The Morgan fingerprint density at radius 1 is 1.00 bits per heavy atom. The maximum atomic E-state index is 3.72. The number of hydrogen-bond donors (Lipinski definition) is 1. The molecule has 0 aliphatic carbocycles. The van der Waals surface area contributed by atoms with E-state index in [4.69, 9.17) is 0 Å².